The summed E-state index contributed by atoms with van der Waals surface area (Å²) in [7, 11) is 0. The zero-order valence-corrected chi connectivity index (χ0v) is 14.6. The molecule has 1 fully saturated rings. The predicted molar refractivity (Wildman–Crippen MR) is 93.7 cm³/mol. The average molecular weight is 318 g/mol. The largest absolute Gasteiger partial charge is 0.390 e. The first kappa shape index (κ1) is 18.0. The van der Waals surface area contributed by atoms with Gasteiger partial charge in [0.1, 0.15) is 0 Å². The molecule has 2 rings (SSSR count). The molecule has 0 aromatic heterocycles. The van der Waals surface area contributed by atoms with Crippen molar-refractivity contribution in [1.82, 2.24) is 10.2 Å². The summed E-state index contributed by atoms with van der Waals surface area (Å²) in [4.78, 5) is 14.7. The molecule has 1 heterocycles. The number of nitrogens with zero attached hydrogens (tertiary/aromatic N) is 1. The standard InChI is InChI=1S/C19H30N2O2/c1-4-21-13-5-6-17(21)14-20-18(22)16-9-7-15(8-10-16)11-12-19(2,3)23/h7-10,17,23H,4-6,11-14H2,1-3H3,(H,20,22)/t17-/m0/s1. The van der Waals surface area contributed by atoms with Crippen LogP contribution in [0.3, 0.4) is 0 Å². The molecule has 0 unspecified atom stereocenters. The van der Waals surface area contributed by atoms with E-state index in [0.29, 0.717) is 18.0 Å². The highest BCUT2D eigenvalue weighted by Crippen LogP contribution is 2.16. The van der Waals surface area contributed by atoms with Crippen molar-refractivity contribution in [3.05, 3.63) is 35.4 Å². The van der Waals surface area contributed by atoms with Gasteiger partial charge in [-0.25, -0.2) is 0 Å². The number of amides is 1. The predicted octanol–water partition coefficient (Wildman–Crippen LogP) is 2.60. The Balaban J connectivity index is 1.83. The fourth-order valence-corrected chi connectivity index (χ4v) is 3.13. The van der Waals surface area contributed by atoms with Gasteiger partial charge in [-0.2, -0.15) is 0 Å². The molecule has 1 aromatic rings. The average Bonchev–Trinajstić information content (AvgIpc) is 2.98. The Morgan fingerprint density at radius 1 is 1.35 bits per heavy atom. The van der Waals surface area contributed by atoms with Crippen molar-refractivity contribution in [3.63, 3.8) is 0 Å². The van der Waals surface area contributed by atoms with Crippen molar-refractivity contribution in [2.75, 3.05) is 19.6 Å². The molecule has 0 aliphatic carbocycles. The van der Waals surface area contributed by atoms with Gasteiger partial charge in [0.25, 0.3) is 5.91 Å². The van der Waals surface area contributed by atoms with Crippen LogP contribution in [0.25, 0.3) is 0 Å². The minimum absolute atomic E-state index is 0.00184. The Hall–Kier alpha value is -1.39. The molecule has 4 nitrogen and oxygen atoms in total. The van der Waals surface area contributed by atoms with E-state index in [2.05, 4.69) is 17.1 Å². The zero-order chi connectivity index (χ0) is 16.9. The molecule has 1 aliphatic heterocycles. The van der Waals surface area contributed by atoms with Crippen LogP contribution in [-0.4, -0.2) is 47.2 Å². The summed E-state index contributed by atoms with van der Waals surface area (Å²) in [5, 5.41) is 12.8. The van der Waals surface area contributed by atoms with Crippen molar-refractivity contribution >= 4 is 5.91 Å². The number of hydrogen-bond acceptors (Lipinski definition) is 3. The second kappa shape index (κ2) is 7.93. The fraction of sp³-hybridized carbons (Fsp3) is 0.632. The van der Waals surface area contributed by atoms with E-state index in [9.17, 15) is 9.90 Å². The topological polar surface area (TPSA) is 52.6 Å². The minimum atomic E-state index is -0.650. The van der Waals surface area contributed by atoms with Gasteiger partial charge in [0.2, 0.25) is 0 Å². The van der Waals surface area contributed by atoms with Gasteiger partial charge in [0.15, 0.2) is 0 Å². The Morgan fingerprint density at radius 3 is 2.65 bits per heavy atom. The number of aryl methyl sites for hydroxylation is 1. The normalized spacial score (nSPS) is 19.0. The third-order valence-corrected chi connectivity index (χ3v) is 4.65. The van der Waals surface area contributed by atoms with E-state index >= 15 is 0 Å². The number of carbonyl (C=O) groups is 1. The van der Waals surface area contributed by atoms with Crippen LogP contribution in [0.5, 0.6) is 0 Å². The fourth-order valence-electron chi connectivity index (χ4n) is 3.13. The summed E-state index contributed by atoms with van der Waals surface area (Å²) in [6.07, 6.45) is 3.93. The number of likely N-dealkylation sites (tertiary alicyclic amines) is 1. The Bertz CT molecular complexity index is 505. The van der Waals surface area contributed by atoms with Gasteiger partial charge < -0.3 is 10.4 Å². The SMILES string of the molecule is CCN1CCC[C@H]1CNC(=O)c1ccc(CCC(C)(C)O)cc1. The van der Waals surface area contributed by atoms with Crippen LogP contribution in [0.2, 0.25) is 0 Å². The number of aliphatic hydroxyl groups is 1. The maximum absolute atomic E-state index is 12.3. The Kier molecular flexibility index (Phi) is 6.19. The number of rotatable bonds is 7. The lowest BCUT2D eigenvalue weighted by atomic mass is 9.98. The lowest BCUT2D eigenvalue weighted by molar-refractivity contribution is 0.0713. The third kappa shape index (κ3) is 5.63. The summed E-state index contributed by atoms with van der Waals surface area (Å²) >= 11 is 0. The molecule has 1 amide bonds. The van der Waals surface area contributed by atoms with E-state index in [1.165, 1.54) is 12.8 Å². The van der Waals surface area contributed by atoms with Crippen molar-refractivity contribution in [1.29, 1.82) is 0 Å². The first-order chi connectivity index (χ1) is 10.9. The molecule has 1 atom stereocenters. The molecular formula is C19H30N2O2. The molecule has 128 valence electrons. The number of likely N-dealkylation sites (N-methyl/N-ethyl adjacent to an activating group) is 1. The van der Waals surface area contributed by atoms with Gasteiger partial charge in [-0.1, -0.05) is 19.1 Å². The van der Waals surface area contributed by atoms with Gasteiger partial charge >= 0.3 is 0 Å². The molecule has 0 saturated carbocycles. The molecule has 0 spiro atoms. The Labute approximate surface area is 139 Å². The highest BCUT2D eigenvalue weighted by Gasteiger charge is 2.23. The maximum atomic E-state index is 12.3. The monoisotopic (exact) mass is 318 g/mol. The molecule has 0 radical (unpaired) electrons. The minimum Gasteiger partial charge on any atom is -0.390 e. The van der Waals surface area contributed by atoms with Gasteiger partial charge in [0.05, 0.1) is 5.60 Å². The van der Waals surface area contributed by atoms with Crippen LogP contribution < -0.4 is 5.32 Å². The van der Waals surface area contributed by atoms with Gasteiger partial charge in [-0.05, 0) is 70.3 Å². The highest BCUT2D eigenvalue weighted by molar-refractivity contribution is 5.94. The lowest BCUT2D eigenvalue weighted by Gasteiger charge is -2.22. The van der Waals surface area contributed by atoms with Gasteiger partial charge in [-0.3, -0.25) is 9.69 Å². The first-order valence-corrected chi connectivity index (χ1v) is 8.72. The van der Waals surface area contributed by atoms with Gasteiger partial charge in [0, 0.05) is 18.2 Å². The molecule has 1 saturated heterocycles. The summed E-state index contributed by atoms with van der Waals surface area (Å²) in [5.41, 5.74) is 1.21. The van der Waals surface area contributed by atoms with Crippen LogP contribution in [0.4, 0.5) is 0 Å². The van der Waals surface area contributed by atoms with E-state index in [1.807, 2.05) is 38.1 Å². The number of nitrogens with one attached hydrogen (secondary N) is 1. The van der Waals surface area contributed by atoms with Crippen molar-refractivity contribution in [2.45, 2.75) is 58.1 Å². The third-order valence-electron chi connectivity index (χ3n) is 4.65. The lowest BCUT2D eigenvalue weighted by Crippen LogP contribution is -2.40. The molecule has 1 aromatic carbocycles. The Morgan fingerprint density at radius 2 is 2.04 bits per heavy atom. The molecule has 2 N–H and O–H groups in total. The summed E-state index contributed by atoms with van der Waals surface area (Å²) in [5.74, 6) is 0.00184. The number of hydrogen-bond donors (Lipinski definition) is 2. The van der Waals surface area contributed by atoms with E-state index in [1.54, 1.807) is 0 Å². The van der Waals surface area contributed by atoms with Gasteiger partial charge in [-0.15, -0.1) is 0 Å². The molecule has 4 heteroatoms. The summed E-state index contributed by atoms with van der Waals surface area (Å²) in [6, 6.07) is 8.20. The maximum Gasteiger partial charge on any atom is 0.251 e. The summed E-state index contributed by atoms with van der Waals surface area (Å²) in [6.45, 7) is 8.73. The second-order valence-electron chi connectivity index (χ2n) is 7.14. The van der Waals surface area contributed by atoms with Crippen molar-refractivity contribution in [2.24, 2.45) is 0 Å². The van der Waals surface area contributed by atoms with Crippen LogP contribution in [-0.2, 0) is 6.42 Å². The van der Waals surface area contributed by atoms with E-state index in [0.717, 1.165) is 31.6 Å². The quantitative estimate of drug-likeness (QED) is 0.812. The second-order valence-corrected chi connectivity index (χ2v) is 7.14. The van der Waals surface area contributed by atoms with Crippen molar-refractivity contribution in [3.8, 4) is 0 Å². The molecule has 23 heavy (non-hydrogen) atoms. The highest BCUT2D eigenvalue weighted by atomic mass is 16.3. The van der Waals surface area contributed by atoms with Crippen LogP contribution in [0.15, 0.2) is 24.3 Å². The zero-order valence-electron chi connectivity index (χ0n) is 14.6. The van der Waals surface area contributed by atoms with Crippen LogP contribution in [0, 0.1) is 0 Å². The smallest absolute Gasteiger partial charge is 0.251 e. The molecular weight excluding hydrogens is 288 g/mol. The van der Waals surface area contributed by atoms with Crippen LogP contribution in [0.1, 0.15) is 56.0 Å². The molecule has 0 bridgehead atoms. The van der Waals surface area contributed by atoms with E-state index in [4.69, 9.17) is 0 Å². The first-order valence-electron chi connectivity index (χ1n) is 8.72. The van der Waals surface area contributed by atoms with E-state index < -0.39 is 5.60 Å². The van der Waals surface area contributed by atoms with Crippen molar-refractivity contribution < 1.29 is 9.90 Å². The number of benzene rings is 1. The summed E-state index contributed by atoms with van der Waals surface area (Å²) < 4.78 is 0. The number of carbonyl (C=O) groups excluding carboxylic acids is 1. The van der Waals surface area contributed by atoms with E-state index in [-0.39, 0.29) is 5.91 Å². The molecule has 1 aliphatic rings. The van der Waals surface area contributed by atoms with Crippen LogP contribution >= 0.6 is 0 Å².